The third-order valence-electron chi connectivity index (χ3n) is 8.54. The highest BCUT2D eigenvalue weighted by molar-refractivity contribution is 5.89. The number of carboxylic acids is 2. The van der Waals surface area contributed by atoms with Crippen molar-refractivity contribution in [3.8, 4) is 24.3 Å². The molecule has 16 nitrogen and oxygen atoms in total. The third kappa shape index (κ3) is 15.2. The zero-order valence-electron chi connectivity index (χ0n) is 35.0. The molecule has 316 valence electrons. The van der Waals surface area contributed by atoms with E-state index in [1.165, 1.54) is 12.2 Å². The van der Waals surface area contributed by atoms with E-state index in [9.17, 15) is 9.59 Å². The van der Waals surface area contributed by atoms with Crippen molar-refractivity contribution < 1.29 is 19.8 Å². The molecule has 0 unspecified atom stereocenters. The average Bonchev–Trinajstić information content (AvgIpc) is 3.28. The number of anilines is 8. The highest BCUT2D eigenvalue weighted by Crippen LogP contribution is 2.28. The molecule has 0 spiro atoms. The van der Waals surface area contributed by atoms with E-state index >= 15 is 0 Å². The van der Waals surface area contributed by atoms with E-state index < -0.39 is 11.9 Å². The summed E-state index contributed by atoms with van der Waals surface area (Å²) in [5.41, 5.74) is 10.9. The Morgan fingerprint density at radius 3 is 1.17 bits per heavy atom. The van der Waals surface area contributed by atoms with Gasteiger partial charge in [0.1, 0.15) is 11.6 Å². The molecule has 0 saturated carbocycles. The first kappa shape index (κ1) is 47.0. The van der Waals surface area contributed by atoms with E-state index in [-0.39, 0.29) is 0 Å². The number of nitriles is 4. The summed E-state index contributed by atoms with van der Waals surface area (Å²) in [6.07, 6.45) is 11.0. The fourth-order valence-corrected chi connectivity index (χ4v) is 5.74. The number of aliphatic carboxylic acids is 2. The molecule has 0 aliphatic heterocycles. The molecule has 6 N–H and O–H groups in total. The monoisotopic (exact) mass is 848 g/mol. The summed E-state index contributed by atoms with van der Waals surface area (Å²) in [6.45, 7) is 8.04. The van der Waals surface area contributed by atoms with Gasteiger partial charge in [-0.3, -0.25) is 0 Å². The number of nitrogens with one attached hydrogen (secondary N) is 4. The number of rotatable bonds is 12. The van der Waals surface area contributed by atoms with Gasteiger partial charge in [0.05, 0.1) is 35.4 Å². The Morgan fingerprint density at radius 1 is 0.531 bits per heavy atom. The van der Waals surface area contributed by atoms with Crippen molar-refractivity contribution in [2.24, 2.45) is 0 Å². The second-order valence-electron chi connectivity index (χ2n) is 13.4. The zero-order valence-corrected chi connectivity index (χ0v) is 35.0. The molecule has 0 saturated heterocycles. The Balaban J connectivity index is 0.000000240. The number of aryl methyl sites for hydroxylation is 4. The van der Waals surface area contributed by atoms with Crippen LogP contribution in [0.15, 0.2) is 122 Å². The maximum absolute atomic E-state index is 9.55. The van der Waals surface area contributed by atoms with Crippen molar-refractivity contribution in [2.45, 2.75) is 27.7 Å². The van der Waals surface area contributed by atoms with E-state index in [1.54, 1.807) is 60.9 Å². The molecule has 64 heavy (non-hydrogen) atoms. The maximum atomic E-state index is 9.55. The second kappa shape index (κ2) is 23.8. The molecule has 0 radical (unpaired) electrons. The minimum Gasteiger partial charge on any atom is -0.478 e. The fraction of sp³-hybridized carbons (Fsp3) is 0.0833. The lowest BCUT2D eigenvalue weighted by Crippen LogP contribution is -2.02. The lowest BCUT2D eigenvalue weighted by molar-refractivity contribution is -0.134. The summed E-state index contributed by atoms with van der Waals surface area (Å²) >= 11 is 0. The van der Waals surface area contributed by atoms with Gasteiger partial charge in [-0.1, -0.05) is 0 Å². The van der Waals surface area contributed by atoms with Gasteiger partial charge in [-0.15, -0.1) is 0 Å². The van der Waals surface area contributed by atoms with Crippen molar-refractivity contribution in [3.05, 3.63) is 166 Å². The van der Waals surface area contributed by atoms with Gasteiger partial charge in [0, 0.05) is 59.4 Å². The van der Waals surface area contributed by atoms with Gasteiger partial charge in [0.15, 0.2) is 0 Å². The van der Waals surface area contributed by atoms with Crippen LogP contribution in [0, 0.1) is 73.0 Å². The van der Waals surface area contributed by atoms with Gasteiger partial charge in [0.2, 0.25) is 11.9 Å². The first-order valence-corrected chi connectivity index (χ1v) is 19.0. The predicted octanol–water partition coefficient (Wildman–Crippen LogP) is 9.69. The normalized spacial score (nSPS) is 10.2. The lowest BCUT2D eigenvalue weighted by atomic mass is 10.0. The van der Waals surface area contributed by atoms with Crippen LogP contribution in [0.5, 0.6) is 0 Å². The SMILES string of the molecule is Cc1cc(/C=C/C#N)cc(C)c1Nc1ccnc(Nc2ccc(C#N)cc2)n1.Cc1cc(/C=C/C#N)cc(C)c1Nc1ccnc(Nc2ccc(C#N)cc2)n1.O=C(O)/C=C/C(=O)O. The highest BCUT2D eigenvalue weighted by atomic mass is 16.4. The topological polar surface area (TPSA) is 269 Å². The molecule has 0 aliphatic rings. The summed E-state index contributed by atoms with van der Waals surface area (Å²) in [7, 11) is 0. The van der Waals surface area contributed by atoms with Crippen LogP contribution in [0.4, 0.5) is 46.3 Å². The van der Waals surface area contributed by atoms with E-state index in [2.05, 4.69) is 53.3 Å². The minimum atomic E-state index is -1.26. The van der Waals surface area contributed by atoms with Crippen LogP contribution in [-0.2, 0) is 9.59 Å². The van der Waals surface area contributed by atoms with Crippen LogP contribution in [-0.4, -0.2) is 42.1 Å². The van der Waals surface area contributed by atoms with Crippen molar-refractivity contribution in [1.29, 1.82) is 21.0 Å². The van der Waals surface area contributed by atoms with E-state index in [4.69, 9.17) is 31.3 Å². The van der Waals surface area contributed by atoms with Crippen LogP contribution >= 0.6 is 0 Å². The van der Waals surface area contributed by atoms with E-state index in [0.717, 1.165) is 56.1 Å². The highest BCUT2D eigenvalue weighted by Gasteiger charge is 2.09. The number of hydrogen-bond donors (Lipinski definition) is 6. The Kier molecular flexibility index (Phi) is 17.5. The molecular weight excluding hydrogens is 809 g/mol. The number of allylic oxidation sites excluding steroid dienone is 2. The Morgan fingerprint density at radius 2 is 0.875 bits per heavy atom. The van der Waals surface area contributed by atoms with Crippen molar-refractivity contribution in [1.82, 2.24) is 19.9 Å². The number of carbonyl (C=O) groups is 2. The van der Waals surface area contributed by atoms with Crippen molar-refractivity contribution in [3.63, 3.8) is 0 Å². The molecule has 2 aromatic heterocycles. The van der Waals surface area contributed by atoms with Crippen molar-refractivity contribution in [2.75, 3.05) is 21.3 Å². The van der Waals surface area contributed by atoms with Crippen LogP contribution in [0.3, 0.4) is 0 Å². The average molecular weight is 849 g/mol. The van der Waals surface area contributed by atoms with Gasteiger partial charge in [-0.25, -0.2) is 19.6 Å². The van der Waals surface area contributed by atoms with Crippen LogP contribution in [0.1, 0.15) is 44.5 Å². The number of aromatic nitrogens is 4. The quantitative estimate of drug-likeness (QED) is 0.0494. The van der Waals surface area contributed by atoms with Gasteiger partial charge >= 0.3 is 11.9 Å². The molecule has 0 atom stereocenters. The smallest absolute Gasteiger partial charge is 0.328 e. The molecule has 0 amide bonds. The third-order valence-corrected chi connectivity index (χ3v) is 8.54. The van der Waals surface area contributed by atoms with Crippen LogP contribution in [0.25, 0.3) is 12.2 Å². The minimum absolute atomic E-state index is 0.457. The first-order chi connectivity index (χ1) is 30.8. The Hall–Kier alpha value is -9.64. The Labute approximate surface area is 369 Å². The first-order valence-electron chi connectivity index (χ1n) is 19.0. The molecule has 6 rings (SSSR count). The number of hydrogen-bond acceptors (Lipinski definition) is 14. The molecule has 16 heteroatoms. The van der Waals surface area contributed by atoms with Crippen molar-refractivity contribution >= 4 is 70.4 Å². The number of nitrogens with zero attached hydrogens (tertiary/aromatic N) is 8. The zero-order chi connectivity index (χ0) is 46.4. The molecule has 6 aromatic rings. The van der Waals surface area contributed by atoms with E-state index in [0.29, 0.717) is 46.8 Å². The summed E-state index contributed by atoms with van der Waals surface area (Å²) < 4.78 is 0. The van der Waals surface area contributed by atoms with Gasteiger partial charge in [0.25, 0.3) is 0 Å². The summed E-state index contributed by atoms with van der Waals surface area (Å²) in [4.78, 5) is 36.6. The predicted molar refractivity (Wildman–Crippen MR) is 245 cm³/mol. The Bertz CT molecular complexity index is 2640. The van der Waals surface area contributed by atoms with Gasteiger partial charge < -0.3 is 31.5 Å². The second-order valence-corrected chi connectivity index (χ2v) is 13.4. The maximum Gasteiger partial charge on any atom is 0.328 e. The van der Waals surface area contributed by atoms with Crippen LogP contribution in [0.2, 0.25) is 0 Å². The molecule has 0 fully saturated rings. The fourth-order valence-electron chi connectivity index (χ4n) is 5.74. The van der Waals surface area contributed by atoms with Gasteiger partial charge in [-0.05, 0) is 158 Å². The molecule has 4 aromatic carbocycles. The molecule has 0 aliphatic carbocycles. The lowest BCUT2D eigenvalue weighted by Gasteiger charge is -2.14. The molecule has 2 heterocycles. The molecule has 0 bridgehead atoms. The van der Waals surface area contributed by atoms with E-state index in [1.807, 2.05) is 88.4 Å². The standard InChI is InChI=1S/2C22H18N6.C4H4O4/c2*1-15-12-18(4-3-10-23)13-16(2)21(15)27-20-9-11-25-22(28-20)26-19-7-5-17(14-24)6-8-19;5-3(6)1-2-4(7)8/h2*3-9,11-13H,1-2H3,(H2,25,26,27,28);1-2H,(H,5,6)(H,7,8)/b2*4-3+;2-1+. The summed E-state index contributed by atoms with van der Waals surface area (Å²) in [6, 6.07) is 34.0. The largest absolute Gasteiger partial charge is 0.478 e. The summed E-state index contributed by atoms with van der Waals surface area (Å²) in [5.74, 6) is -0.271. The summed E-state index contributed by atoms with van der Waals surface area (Å²) in [5, 5.41) is 63.7. The number of carboxylic acid groups (broad SMARTS) is 2. The number of benzene rings is 4. The van der Waals surface area contributed by atoms with Crippen LogP contribution < -0.4 is 21.3 Å². The van der Waals surface area contributed by atoms with Gasteiger partial charge in [-0.2, -0.15) is 31.0 Å². The molecular formula is C48H40N12O4.